The predicted octanol–water partition coefficient (Wildman–Crippen LogP) is 2.54. The molecule has 0 bridgehead atoms. The minimum absolute atomic E-state index is 0.0285. The van der Waals surface area contributed by atoms with Crippen LogP contribution in [0.25, 0.3) is 0 Å². The third-order valence-electron chi connectivity index (χ3n) is 1.90. The highest BCUT2D eigenvalue weighted by Crippen LogP contribution is 2.12. The average Bonchev–Trinajstić information content (AvgIpc) is 2.14. The molecule has 0 amide bonds. The van der Waals surface area contributed by atoms with E-state index in [1.165, 1.54) is 0 Å². The second-order valence-electron chi connectivity index (χ2n) is 5.03. The van der Waals surface area contributed by atoms with E-state index in [4.69, 9.17) is 4.74 Å². The molecule has 16 heavy (non-hydrogen) atoms. The van der Waals surface area contributed by atoms with E-state index >= 15 is 0 Å². The first-order valence-electron chi connectivity index (χ1n) is 5.27. The average molecular weight is 330 g/mol. The van der Waals surface area contributed by atoms with Crippen molar-refractivity contribution in [2.75, 3.05) is 6.61 Å². The van der Waals surface area contributed by atoms with Crippen LogP contribution in [0.4, 0.5) is 4.79 Å². The standard InChI is InChI=1S/C12H16BIO2/c1-12(2,3)8-16-11(15)13-9-5-4-6-10(14)7-9/h4-7,13H,8H2,1-3H3. The van der Waals surface area contributed by atoms with Crippen LogP contribution in [0.3, 0.4) is 0 Å². The number of ether oxygens (including phenoxy) is 1. The van der Waals surface area contributed by atoms with Crippen LogP contribution in [0.2, 0.25) is 0 Å². The maximum Gasteiger partial charge on any atom is 0.293 e. The van der Waals surface area contributed by atoms with Gasteiger partial charge in [0.1, 0.15) is 0 Å². The summed E-state index contributed by atoms with van der Waals surface area (Å²) in [6.45, 7) is 6.61. The van der Waals surface area contributed by atoms with E-state index in [2.05, 4.69) is 22.6 Å². The van der Waals surface area contributed by atoms with E-state index in [0.717, 1.165) is 9.03 Å². The summed E-state index contributed by atoms with van der Waals surface area (Å²) in [4.78, 5) is 11.5. The number of benzene rings is 1. The Morgan fingerprint density at radius 2 is 2.12 bits per heavy atom. The smallest absolute Gasteiger partial charge is 0.293 e. The minimum atomic E-state index is -0.156. The molecule has 0 aliphatic heterocycles. The molecule has 0 saturated heterocycles. The number of carbonyl (C=O) groups excluding carboxylic acids is 1. The summed E-state index contributed by atoms with van der Waals surface area (Å²) in [5.74, 6) is -0.156. The molecule has 0 N–H and O–H groups in total. The second kappa shape index (κ2) is 5.71. The Labute approximate surface area is 111 Å². The molecule has 0 radical (unpaired) electrons. The van der Waals surface area contributed by atoms with Gasteiger partial charge in [-0.3, -0.25) is 4.79 Å². The lowest BCUT2D eigenvalue weighted by Crippen LogP contribution is -2.27. The number of hydrogen-bond acceptors (Lipinski definition) is 2. The van der Waals surface area contributed by atoms with E-state index in [1.54, 1.807) is 0 Å². The fourth-order valence-corrected chi connectivity index (χ4v) is 1.77. The summed E-state index contributed by atoms with van der Waals surface area (Å²) in [6, 6.07) is 7.90. The van der Waals surface area contributed by atoms with Crippen molar-refractivity contribution in [3.8, 4) is 0 Å². The van der Waals surface area contributed by atoms with Crippen molar-refractivity contribution >= 4 is 41.2 Å². The van der Waals surface area contributed by atoms with Crippen molar-refractivity contribution in [2.24, 2.45) is 5.41 Å². The number of carbonyl (C=O) groups is 1. The van der Waals surface area contributed by atoms with Crippen molar-refractivity contribution in [1.82, 2.24) is 0 Å². The molecule has 0 aliphatic carbocycles. The summed E-state index contributed by atoms with van der Waals surface area (Å²) >= 11 is 2.23. The van der Waals surface area contributed by atoms with Crippen LogP contribution in [0.5, 0.6) is 0 Å². The van der Waals surface area contributed by atoms with Crippen LogP contribution >= 0.6 is 22.6 Å². The van der Waals surface area contributed by atoms with Gasteiger partial charge in [-0.15, -0.1) is 0 Å². The zero-order valence-corrected chi connectivity index (χ0v) is 12.1. The van der Waals surface area contributed by atoms with E-state index in [0.29, 0.717) is 13.9 Å². The maximum absolute atomic E-state index is 11.5. The molecule has 0 atom stereocenters. The van der Waals surface area contributed by atoms with Crippen LogP contribution in [-0.4, -0.2) is 19.8 Å². The van der Waals surface area contributed by atoms with Gasteiger partial charge in [0, 0.05) is 3.57 Å². The summed E-state index contributed by atoms with van der Waals surface area (Å²) in [5, 5.41) is 0. The molecule has 0 heterocycles. The number of halogens is 1. The van der Waals surface area contributed by atoms with Crippen molar-refractivity contribution in [1.29, 1.82) is 0 Å². The fourth-order valence-electron chi connectivity index (χ4n) is 1.16. The van der Waals surface area contributed by atoms with Gasteiger partial charge in [0.25, 0.3) is 13.1 Å². The quantitative estimate of drug-likeness (QED) is 0.629. The summed E-state index contributed by atoms with van der Waals surface area (Å²) in [7, 11) is 0.354. The molecule has 0 fully saturated rings. The van der Waals surface area contributed by atoms with Gasteiger partial charge in [0.15, 0.2) is 0 Å². The summed E-state index contributed by atoms with van der Waals surface area (Å²) in [6.07, 6.45) is 0. The zero-order chi connectivity index (χ0) is 12.2. The van der Waals surface area contributed by atoms with Gasteiger partial charge in [0.05, 0.1) is 6.61 Å². The highest BCUT2D eigenvalue weighted by Gasteiger charge is 2.14. The lowest BCUT2D eigenvalue weighted by atomic mass is 9.70. The van der Waals surface area contributed by atoms with Gasteiger partial charge < -0.3 is 4.74 Å². The topological polar surface area (TPSA) is 26.3 Å². The Morgan fingerprint density at radius 1 is 1.44 bits per heavy atom. The first-order chi connectivity index (χ1) is 7.37. The lowest BCUT2D eigenvalue weighted by molar-refractivity contribution is 0.127. The lowest BCUT2D eigenvalue weighted by Gasteiger charge is -2.17. The van der Waals surface area contributed by atoms with Crippen molar-refractivity contribution in [2.45, 2.75) is 20.8 Å². The third-order valence-corrected chi connectivity index (χ3v) is 2.57. The van der Waals surface area contributed by atoms with Crippen LogP contribution < -0.4 is 5.46 Å². The summed E-state index contributed by atoms with van der Waals surface area (Å²) in [5.41, 5.74) is 1.03. The SMILES string of the molecule is CC(C)(C)COC(=O)Bc1cccc(I)c1. The molecule has 4 heteroatoms. The zero-order valence-electron chi connectivity index (χ0n) is 9.92. The molecule has 0 aromatic heterocycles. The Kier molecular flexibility index (Phi) is 4.83. The summed E-state index contributed by atoms with van der Waals surface area (Å²) < 4.78 is 6.35. The minimum Gasteiger partial charge on any atom is -0.473 e. The largest absolute Gasteiger partial charge is 0.473 e. The van der Waals surface area contributed by atoms with Crippen LogP contribution in [0.1, 0.15) is 20.8 Å². The van der Waals surface area contributed by atoms with E-state index in [9.17, 15) is 4.79 Å². The molecule has 0 aliphatic rings. The van der Waals surface area contributed by atoms with Gasteiger partial charge in [-0.25, -0.2) is 0 Å². The molecule has 1 rings (SSSR count). The highest BCUT2D eigenvalue weighted by molar-refractivity contribution is 14.1. The Morgan fingerprint density at radius 3 is 2.69 bits per heavy atom. The molecule has 0 spiro atoms. The van der Waals surface area contributed by atoms with Gasteiger partial charge in [-0.1, -0.05) is 44.4 Å². The Hall–Kier alpha value is -0.515. The normalized spacial score (nSPS) is 11.0. The first kappa shape index (κ1) is 13.5. The van der Waals surface area contributed by atoms with Crippen molar-refractivity contribution in [3.05, 3.63) is 27.8 Å². The van der Waals surface area contributed by atoms with Gasteiger partial charge >= 0.3 is 0 Å². The third kappa shape index (κ3) is 5.54. The molecular weight excluding hydrogens is 314 g/mol. The Balaban J connectivity index is 2.46. The molecular formula is C12H16BIO2. The number of hydrogen-bond donors (Lipinski definition) is 0. The Bertz CT molecular complexity index is 372. The molecule has 2 nitrogen and oxygen atoms in total. The van der Waals surface area contributed by atoms with Crippen LogP contribution in [0.15, 0.2) is 24.3 Å². The van der Waals surface area contributed by atoms with Crippen LogP contribution in [-0.2, 0) is 4.74 Å². The van der Waals surface area contributed by atoms with E-state index < -0.39 is 0 Å². The first-order valence-corrected chi connectivity index (χ1v) is 6.35. The highest BCUT2D eigenvalue weighted by atomic mass is 127. The second-order valence-corrected chi connectivity index (χ2v) is 6.27. The molecule has 0 unspecified atom stereocenters. The molecule has 86 valence electrons. The van der Waals surface area contributed by atoms with Crippen molar-refractivity contribution in [3.63, 3.8) is 0 Å². The molecule has 0 saturated carbocycles. The number of rotatable bonds is 3. The van der Waals surface area contributed by atoms with Gasteiger partial charge in [0.2, 0.25) is 0 Å². The monoisotopic (exact) mass is 330 g/mol. The van der Waals surface area contributed by atoms with Gasteiger partial charge in [-0.2, -0.15) is 0 Å². The van der Waals surface area contributed by atoms with E-state index in [1.807, 2.05) is 45.0 Å². The molecule has 1 aromatic carbocycles. The van der Waals surface area contributed by atoms with E-state index in [-0.39, 0.29) is 11.3 Å². The molecule has 1 aromatic rings. The maximum atomic E-state index is 11.5. The predicted molar refractivity (Wildman–Crippen MR) is 76.7 cm³/mol. The van der Waals surface area contributed by atoms with Crippen LogP contribution in [0, 0.1) is 8.99 Å². The van der Waals surface area contributed by atoms with Gasteiger partial charge in [-0.05, 0) is 34.1 Å². The fraction of sp³-hybridized carbons (Fsp3) is 0.417. The van der Waals surface area contributed by atoms with Crippen molar-refractivity contribution < 1.29 is 9.53 Å².